The summed E-state index contributed by atoms with van der Waals surface area (Å²) in [6.45, 7) is 1.78. The van der Waals surface area contributed by atoms with Crippen molar-refractivity contribution < 1.29 is 28.2 Å². The van der Waals surface area contributed by atoms with Crippen LogP contribution in [0.5, 0.6) is 17.2 Å². The van der Waals surface area contributed by atoms with Gasteiger partial charge in [0.05, 0.1) is 38.9 Å². The highest BCUT2D eigenvalue weighted by Crippen LogP contribution is 2.46. The number of para-hydroxylation sites is 1. The zero-order chi connectivity index (χ0) is 31.0. The number of Topliss-reactive ketones (excluding diaryl/α,β-unsaturated/α-hetero) is 1. The number of allylic oxidation sites excluding steroid dienone is 3. The van der Waals surface area contributed by atoms with Crippen LogP contribution in [-0.4, -0.2) is 33.0 Å². The highest BCUT2D eigenvalue weighted by atomic mass is 16.5. The van der Waals surface area contributed by atoms with E-state index in [1.54, 1.807) is 76.8 Å². The molecular formula is C35H32N2O7. The molecule has 0 saturated carbocycles. The zero-order valence-corrected chi connectivity index (χ0v) is 24.9. The van der Waals surface area contributed by atoms with Gasteiger partial charge in [0.25, 0.3) is 5.91 Å². The summed E-state index contributed by atoms with van der Waals surface area (Å²) in [5.74, 6) is 0.167. The molecule has 2 aliphatic rings. The largest absolute Gasteiger partial charge is 0.497 e. The van der Waals surface area contributed by atoms with E-state index in [9.17, 15) is 14.4 Å². The smallest absolute Gasteiger partial charge is 0.254 e. The third-order valence-corrected chi connectivity index (χ3v) is 8.32. The second-order valence-corrected chi connectivity index (χ2v) is 10.8. The quantitative estimate of drug-likeness (QED) is 0.276. The summed E-state index contributed by atoms with van der Waals surface area (Å²) in [4.78, 5) is 42.0. The number of carbonyl (C=O) groups is 2. The Morgan fingerprint density at radius 2 is 1.66 bits per heavy atom. The van der Waals surface area contributed by atoms with Crippen LogP contribution in [0.3, 0.4) is 0 Å². The summed E-state index contributed by atoms with van der Waals surface area (Å²) in [7, 11) is 4.71. The summed E-state index contributed by atoms with van der Waals surface area (Å²) >= 11 is 0. The predicted octanol–water partition coefficient (Wildman–Crippen LogP) is 5.82. The number of amides is 1. The molecular weight excluding hydrogens is 560 g/mol. The average molecular weight is 593 g/mol. The van der Waals surface area contributed by atoms with Crippen LogP contribution in [-0.2, 0) is 9.59 Å². The second-order valence-electron chi connectivity index (χ2n) is 10.8. The Hall–Kier alpha value is -5.31. The van der Waals surface area contributed by atoms with Crippen molar-refractivity contribution in [1.82, 2.24) is 5.32 Å². The van der Waals surface area contributed by atoms with Gasteiger partial charge in [-0.25, -0.2) is 0 Å². The average Bonchev–Trinajstić information content (AvgIpc) is 3.04. The van der Waals surface area contributed by atoms with Crippen LogP contribution >= 0.6 is 0 Å². The Morgan fingerprint density at radius 1 is 0.909 bits per heavy atom. The number of anilines is 1. The minimum absolute atomic E-state index is 0.148. The first kappa shape index (κ1) is 28.8. The zero-order valence-electron chi connectivity index (χ0n) is 24.9. The summed E-state index contributed by atoms with van der Waals surface area (Å²) in [6.07, 6.45) is 2.07. The molecule has 9 nitrogen and oxygen atoms in total. The molecule has 2 unspecified atom stereocenters. The van der Waals surface area contributed by atoms with Gasteiger partial charge in [-0.3, -0.25) is 14.4 Å². The maximum atomic E-state index is 14.1. The molecule has 1 aromatic heterocycles. The molecule has 1 amide bonds. The molecule has 0 radical (unpaired) electrons. The Balaban J connectivity index is 1.45. The van der Waals surface area contributed by atoms with Gasteiger partial charge in [0.2, 0.25) is 0 Å². The van der Waals surface area contributed by atoms with Crippen LogP contribution in [0.15, 0.2) is 105 Å². The molecule has 6 rings (SSSR count). The molecule has 9 heteroatoms. The van der Waals surface area contributed by atoms with E-state index < -0.39 is 11.8 Å². The fraction of sp³-hybridized carbons (Fsp3) is 0.229. The number of dihydropyridines is 1. The Kier molecular flexibility index (Phi) is 7.69. The van der Waals surface area contributed by atoms with E-state index in [2.05, 4.69) is 10.6 Å². The maximum absolute atomic E-state index is 14.1. The predicted molar refractivity (Wildman–Crippen MR) is 166 cm³/mol. The van der Waals surface area contributed by atoms with Crippen LogP contribution in [0.2, 0.25) is 0 Å². The molecule has 3 aromatic carbocycles. The lowest BCUT2D eigenvalue weighted by Gasteiger charge is -2.36. The Bertz CT molecular complexity index is 1900. The third-order valence-electron chi connectivity index (χ3n) is 8.32. The number of carbonyl (C=O) groups excluding carboxylic acids is 2. The first-order valence-corrected chi connectivity index (χ1v) is 14.2. The van der Waals surface area contributed by atoms with Gasteiger partial charge >= 0.3 is 0 Å². The molecule has 2 N–H and O–H groups in total. The van der Waals surface area contributed by atoms with E-state index in [0.717, 1.165) is 5.56 Å². The fourth-order valence-electron chi connectivity index (χ4n) is 6.16. The molecule has 0 spiro atoms. The molecule has 1 aliphatic carbocycles. The normalized spacial score (nSPS) is 18.0. The number of methoxy groups -OCH3 is 3. The SMILES string of the molecule is COc1ccc(NC(=O)C2=C(C)NC3=C(C(=O)CC(c4ccc(OC)c(OC)c4)C3)C2c2coc3ccccc3c2=O)cc1. The van der Waals surface area contributed by atoms with Crippen molar-refractivity contribution in [2.75, 3.05) is 26.6 Å². The van der Waals surface area contributed by atoms with E-state index in [1.807, 2.05) is 18.2 Å². The van der Waals surface area contributed by atoms with Gasteiger partial charge in [0.1, 0.15) is 11.3 Å². The molecule has 224 valence electrons. The minimum atomic E-state index is -0.927. The van der Waals surface area contributed by atoms with Crippen molar-refractivity contribution in [1.29, 1.82) is 0 Å². The van der Waals surface area contributed by atoms with Gasteiger partial charge in [-0.1, -0.05) is 18.2 Å². The molecule has 4 aromatic rings. The van der Waals surface area contributed by atoms with Crippen molar-refractivity contribution in [3.63, 3.8) is 0 Å². The monoisotopic (exact) mass is 592 g/mol. The number of hydrogen-bond acceptors (Lipinski definition) is 8. The van der Waals surface area contributed by atoms with Crippen molar-refractivity contribution in [3.05, 3.63) is 117 Å². The van der Waals surface area contributed by atoms with E-state index in [1.165, 1.54) is 6.26 Å². The van der Waals surface area contributed by atoms with Crippen molar-refractivity contribution >= 4 is 28.3 Å². The van der Waals surface area contributed by atoms with Crippen molar-refractivity contribution in [2.24, 2.45) is 0 Å². The van der Waals surface area contributed by atoms with Crippen LogP contribution in [0.25, 0.3) is 11.0 Å². The first-order chi connectivity index (χ1) is 21.3. The number of nitrogens with one attached hydrogen (secondary N) is 2. The van der Waals surface area contributed by atoms with Crippen molar-refractivity contribution in [3.8, 4) is 17.2 Å². The summed E-state index contributed by atoms with van der Waals surface area (Å²) in [5.41, 5.74) is 3.75. The minimum Gasteiger partial charge on any atom is -0.497 e. The molecule has 2 atom stereocenters. The van der Waals surface area contributed by atoms with Gasteiger partial charge < -0.3 is 29.3 Å². The third kappa shape index (κ3) is 5.10. The topological polar surface area (TPSA) is 116 Å². The Morgan fingerprint density at radius 3 is 2.39 bits per heavy atom. The number of benzene rings is 3. The van der Waals surface area contributed by atoms with E-state index in [0.29, 0.717) is 57.3 Å². The molecule has 0 bridgehead atoms. The highest BCUT2D eigenvalue weighted by molar-refractivity contribution is 6.10. The van der Waals surface area contributed by atoms with Crippen LogP contribution in [0.4, 0.5) is 5.69 Å². The van der Waals surface area contributed by atoms with Gasteiger partial charge in [-0.05, 0) is 73.4 Å². The molecule has 0 fully saturated rings. The van der Waals surface area contributed by atoms with Gasteiger partial charge in [0, 0.05) is 40.2 Å². The van der Waals surface area contributed by atoms with Crippen LogP contribution in [0, 0.1) is 0 Å². The molecule has 2 heterocycles. The van der Waals surface area contributed by atoms with Crippen LogP contribution in [0.1, 0.15) is 42.7 Å². The van der Waals surface area contributed by atoms with Crippen molar-refractivity contribution in [2.45, 2.75) is 31.6 Å². The lowest BCUT2D eigenvalue weighted by atomic mass is 9.71. The second kappa shape index (κ2) is 11.8. The summed E-state index contributed by atoms with van der Waals surface area (Å²) < 4.78 is 22.0. The lowest BCUT2D eigenvalue weighted by molar-refractivity contribution is -0.116. The maximum Gasteiger partial charge on any atom is 0.254 e. The highest BCUT2D eigenvalue weighted by Gasteiger charge is 2.42. The fourth-order valence-corrected chi connectivity index (χ4v) is 6.16. The lowest BCUT2D eigenvalue weighted by Crippen LogP contribution is -2.38. The molecule has 0 saturated heterocycles. The van der Waals surface area contributed by atoms with E-state index in [-0.39, 0.29) is 34.7 Å². The van der Waals surface area contributed by atoms with E-state index in [4.69, 9.17) is 18.6 Å². The van der Waals surface area contributed by atoms with E-state index >= 15 is 0 Å². The van der Waals surface area contributed by atoms with Gasteiger partial charge in [-0.2, -0.15) is 0 Å². The first-order valence-electron chi connectivity index (χ1n) is 14.2. The molecule has 44 heavy (non-hydrogen) atoms. The number of fused-ring (bicyclic) bond motifs is 1. The molecule has 1 aliphatic heterocycles. The summed E-state index contributed by atoms with van der Waals surface area (Å²) in [5, 5.41) is 6.67. The number of rotatable bonds is 7. The number of ether oxygens (including phenoxy) is 3. The summed E-state index contributed by atoms with van der Waals surface area (Å²) in [6, 6.07) is 19.5. The van der Waals surface area contributed by atoms with Gasteiger partial charge in [0.15, 0.2) is 22.7 Å². The standard InChI is InChI=1S/C35H32N2O7/c1-19-31(35(40)37-22-10-12-23(41-2)13-11-22)32(25-18-44-28-8-6-5-7-24(28)34(25)39)33-26(36-19)15-21(16-27(33)38)20-9-14-29(42-3)30(17-20)43-4/h5-14,17-18,21,32,36H,15-16H2,1-4H3,(H,37,40). The Labute approximate surface area is 254 Å². The number of ketones is 1. The number of hydrogen-bond donors (Lipinski definition) is 2. The van der Waals surface area contributed by atoms with Crippen LogP contribution < -0.4 is 30.3 Å². The van der Waals surface area contributed by atoms with Gasteiger partial charge in [-0.15, -0.1) is 0 Å².